The van der Waals surface area contributed by atoms with E-state index in [-0.39, 0.29) is 35.5 Å². The zero-order chi connectivity index (χ0) is 22.6. The van der Waals surface area contributed by atoms with E-state index in [0.29, 0.717) is 19.1 Å². The molecule has 3 atom stereocenters. The highest BCUT2D eigenvalue weighted by molar-refractivity contribution is 5.99. The molecule has 0 radical (unpaired) electrons. The molecule has 2 amide bonds. The van der Waals surface area contributed by atoms with Crippen LogP contribution in [0.3, 0.4) is 0 Å². The maximum Gasteiger partial charge on any atom is 0.275 e. The van der Waals surface area contributed by atoms with Gasteiger partial charge in [0.25, 0.3) is 11.8 Å². The Balaban J connectivity index is 1.37. The van der Waals surface area contributed by atoms with E-state index >= 15 is 0 Å². The number of hydrogen-bond donors (Lipinski definition) is 3. The molecule has 32 heavy (non-hydrogen) atoms. The van der Waals surface area contributed by atoms with Gasteiger partial charge in [-0.25, -0.2) is 8.78 Å². The van der Waals surface area contributed by atoms with Crippen LogP contribution >= 0.6 is 0 Å². The van der Waals surface area contributed by atoms with Gasteiger partial charge in [-0.05, 0) is 25.3 Å². The first-order chi connectivity index (χ1) is 15.3. The SMILES string of the molecule is O=C(NCc1ccc(F)cc1F)C1=CN2C[C@@H]3N(CC[C@@H]4CCCN43)C(=O)C2=C(O)C1O. The molecule has 3 fully saturated rings. The number of halogens is 2. The summed E-state index contributed by atoms with van der Waals surface area (Å²) in [5, 5.41) is 23.6. The average molecular weight is 446 g/mol. The number of nitrogens with one attached hydrogen (secondary N) is 1. The monoisotopic (exact) mass is 446 g/mol. The number of aliphatic hydroxyl groups excluding tert-OH is 2. The van der Waals surface area contributed by atoms with Crippen LogP contribution in [0.4, 0.5) is 8.78 Å². The van der Waals surface area contributed by atoms with Crippen molar-refractivity contribution in [3.05, 3.63) is 58.6 Å². The van der Waals surface area contributed by atoms with Crippen LogP contribution in [-0.2, 0) is 16.1 Å². The van der Waals surface area contributed by atoms with Crippen LogP contribution in [0, 0.1) is 11.6 Å². The van der Waals surface area contributed by atoms with Crippen molar-refractivity contribution < 1.29 is 28.6 Å². The molecule has 4 aliphatic rings. The van der Waals surface area contributed by atoms with Crippen molar-refractivity contribution in [3.63, 3.8) is 0 Å². The lowest BCUT2D eigenvalue weighted by molar-refractivity contribution is -0.146. The van der Waals surface area contributed by atoms with Crippen molar-refractivity contribution in [3.8, 4) is 0 Å². The van der Waals surface area contributed by atoms with E-state index in [2.05, 4.69) is 10.2 Å². The van der Waals surface area contributed by atoms with Crippen molar-refractivity contribution in [1.29, 1.82) is 0 Å². The van der Waals surface area contributed by atoms with Crippen LogP contribution in [0.1, 0.15) is 24.8 Å². The quantitative estimate of drug-likeness (QED) is 0.640. The molecule has 1 unspecified atom stereocenters. The van der Waals surface area contributed by atoms with Gasteiger partial charge in [-0.3, -0.25) is 14.5 Å². The molecule has 0 saturated carbocycles. The molecule has 8 nitrogen and oxygen atoms in total. The Morgan fingerprint density at radius 2 is 2.03 bits per heavy atom. The maximum atomic E-state index is 13.9. The molecular formula is C22H24F2N4O4. The van der Waals surface area contributed by atoms with Crippen LogP contribution in [-0.4, -0.2) is 74.7 Å². The molecule has 4 heterocycles. The van der Waals surface area contributed by atoms with E-state index in [1.165, 1.54) is 17.2 Å². The van der Waals surface area contributed by atoms with E-state index in [9.17, 15) is 28.6 Å². The zero-order valence-corrected chi connectivity index (χ0v) is 17.3. The number of piperazine rings is 1. The van der Waals surface area contributed by atoms with Crippen molar-refractivity contribution in [2.45, 2.75) is 44.1 Å². The number of amides is 2. The maximum absolute atomic E-state index is 13.9. The van der Waals surface area contributed by atoms with Gasteiger partial charge in [0.15, 0.2) is 5.76 Å². The average Bonchev–Trinajstić information content (AvgIpc) is 3.25. The van der Waals surface area contributed by atoms with Crippen molar-refractivity contribution in [1.82, 2.24) is 20.0 Å². The van der Waals surface area contributed by atoms with Gasteiger partial charge in [0.2, 0.25) is 0 Å². The highest BCUT2D eigenvalue weighted by Gasteiger charge is 2.48. The summed E-state index contributed by atoms with van der Waals surface area (Å²) in [6, 6.07) is 3.45. The Morgan fingerprint density at radius 3 is 2.81 bits per heavy atom. The number of fused-ring (bicyclic) bond motifs is 4. The van der Waals surface area contributed by atoms with E-state index in [1.807, 2.05) is 0 Å². The van der Waals surface area contributed by atoms with Crippen molar-refractivity contribution in [2.24, 2.45) is 0 Å². The normalized spacial score (nSPS) is 27.7. The molecular weight excluding hydrogens is 422 g/mol. The number of benzene rings is 1. The van der Waals surface area contributed by atoms with E-state index in [4.69, 9.17) is 0 Å². The largest absolute Gasteiger partial charge is 0.507 e. The van der Waals surface area contributed by atoms with Crippen LogP contribution in [0.5, 0.6) is 0 Å². The third kappa shape index (κ3) is 3.34. The Bertz CT molecular complexity index is 1040. The number of nitrogens with zero attached hydrogens (tertiary/aromatic N) is 3. The molecule has 0 aromatic heterocycles. The lowest BCUT2D eigenvalue weighted by Crippen LogP contribution is -2.65. The molecule has 4 aliphatic heterocycles. The summed E-state index contributed by atoms with van der Waals surface area (Å²) in [6.07, 6.45) is 2.58. The van der Waals surface area contributed by atoms with E-state index in [1.54, 1.807) is 4.90 Å². The Hall–Kier alpha value is -2.98. The molecule has 0 aliphatic carbocycles. The van der Waals surface area contributed by atoms with Gasteiger partial charge in [-0.1, -0.05) is 6.07 Å². The minimum Gasteiger partial charge on any atom is -0.507 e. The lowest BCUT2D eigenvalue weighted by atomic mass is 9.97. The molecule has 3 N–H and O–H groups in total. The number of hydrogen-bond acceptors (Lipinski definition) is 6. The number of rotatable bonds is 3. The smallest absolute Gasteiger partial charge is 0.275 e. The third-order valence-corrected chi connectivity index (χ3v) is 6.79. The third-order valence-electron chi connectivity index (χ3n) is 6.79. The van der Waals surface area contributed by atoms with Crippen molar-refractivity contribution >= 4 is 11.8 Å². The summed E-state index contributed by atoms with van der Waals surface area (Å²) in [5.74, 6) is -3.18. The number of aliphatic hydroxyl groups is 2. The van der Waals surface area contributed by atoms with E-state index in [0.717, 1.165) is 37.9 Å². The first kappa shape index (κ1) is 20.9. The standard InChI is InChI=1S/C22H24F2N4O4/c23-13-4-3-12(16(24)8-13)9-25-21(31)15-10-26-11-17-27-6-1-2-14(27)5-7-28(17)22(32)18(26)20(30)19(15)29/h3-4,8,10,14,17,19,29-30H,1-2,5-7,9,11H2,(H,25,31)/t14-,17-,19?/m0/s1. The molecule has 0 spiro atoms. The predicted molar refractivity (Wildman–Crippen MR) is 109 cm³/mol. The van der Waals surface area contributed by atoms with Crippen LogP contribution in [0.15, 0.2) is 41.4 Å². The summed E-state index contributed by atoms with van der Waals surface area (Å²) < 4.78 is 26.9. The van der Waals surface area contributed by atoms with E-state index < -0.39 is 29.4 Å². The molecule has 10 heteroatoms. The van der Waals surface area contributed by atoms with Gasteiger partial charge < -0.3 is 25.3 Å². The Morgan fingerprint density at radius 1 is 1.22 bits per heavy atom. The van der Waals surface area contributed by atoms with Gasteiger partial charge >= 0.3 is 0 Å². The molecule has 1 aromatic carbocycles. The number of carbonyl (C=O) groups is 2. The van der Waals surface area contributed by atoms with Gasteiger partial charge in [-0.15, -0.1) is 0 Å². The summed E-state index contributed by atoms with van der Waals surface area (Å²) in [5.41, 5.74) is -0.0893. The molecule has 3 saturated heterocycles. The zero-order valence-electron chi connectivity index (χ0n) is 17.3. The lowest BCUT2D eigenvalue weighted by Gasteiger charge is -2.51. The second kappa shape index (κ2) is 7.86. The topological polar surface area (TPSA) is 96.4 Å². The Labute approximate surface area is 183 Å². The fourth-order valence-electron chi connectivity index (χ4n) is 5.16. The molecule has 5 rings (SSSR count). The fraction of sp³-hybridized carbons (Fsp3) is 0.455. The molecule has 0 bridgehead atoms. The summed E-state index contributed by atoms with van der Waals surface area (Å²) in [7, 11) is 0. The highest BCUT2D eigenvalue weighted by atomic mass is 19.1. The Kier molecular flexibility index (Phi) is 5.13. The van der Waals surface area contributed by atoms with Gasteiger partial charge in [0, 0.05) is 43.5 Å². The summed E-state index contributed by atoms with van der Waals surface area (Å²) >= 11 is 0. The first-order valence-electron chi connectivity index (χ1n) is 10.7. The summed E-state index contributed by atoms with van der Waals surface area (Å²) in [6.45, 7) is 1.63. The predicted octanol–water partition coefficient (Wildman–Crippen LogP) is 0.947. The number of carbonyl (C=O) groups excluding carboxylic acids is 2. The second-order valence-corrected chi connectivity index (χ2v) is 8.59. The van der Waals surface area contributed by atoms with Crippen LogP contribution in [0.25, 0.3) is 0 Å². The van der Waals surface area contributed by atoms with Crippen LogP contribution in [0.2, 0.25) is 0 Å². The fourth-order valence-corrected chi connectivity index (χ4v) is 5.16. The highest BCUT2D eigenvalue weighted by Crippen LogP contribution is 2.36. The van der Waals surface area contributed by atoms with Crippen molar-refractivity contribution in [2.75, 3.05) is 19.6 Å². The molecule has 170 valence electrons. The minimum atomic E-state index is -1.68. The molecule has 1 aromatic rings. The van der Waals surface area contributed by atoms with Gasteiger partial charge in [0.05, 0.1) is 12.1 Å². The van der Waals surface area contributed by atoms with Crippen LogP contribution < -0.4 is 5.32 Å². The summed E-state index contributed by atoms with van der Waals surface area (Å²) in [4.78, 5) is 31.4. The second-order valence-electron chi connectivity index (χ2n) is 8.59. The van der Waals surface area contributed by atoms with Gasteiger partial charge in [0.1, 0.15) is 29.6 Å². The first-order valence-corrected chi connectivity index (χ1v) is 10.7. The minimum absolute atomic E-state index is 0.0208. The van der Waals surface area contributed by atoms with Gasteiger partial charge in [-0.2, -0.15) is 0 Å².